The van der Waals surface area contributed by atoms with Crippen molar-refractivity contribution in [3.05, 3.63) is 62.9 Å². The first-order chi connectivity index (χ1) is 9.40. The molecule has 4 heteroatoms. The molecule has 0 radical (unpaired) electrons. The van der Waals surface area contributed by atoms with Crippen molar-refractivity contribution >= 4 is 28.9 Å². The number of anilines is 1. The third-order valence-corrected chi connectivity index (χ3v) is 4.10. The Kier molecular flexibility index (Phi) is 4.56. The maximum absolute atomic E-state index is 13.6. The van der Waals surface area contributed by atoms with E-state index in [0.717, 1.165) is 5.69 Å². The van der Waals surface area contributed by atoms with Gasteiger partial charge in [-0.05, 0) is 55.7 Å². The van der Waals surface area contributed by atoms with Crippen LogP contribution in [0.15, 0.2) is 30.3 Å². The van der Waals surface area contributed by atoms with Crippen molar-refractivity contribution in [3.63, 3.8) is 0 Å². The van der Waals surface area contributed by atoms with E-state index in [-0.39, 0.29) is 11.1 Å². The van der Waals surface area contributed by atoms with Crippen LogP contribution in [0.4, 0.5) is 10.1 Å². The molecular formula is C16H16Cl2FN. The minimum absolute atomic E-state index is 0.0395. The first kappa shape index (κ1) is 15.1. The molecule has 0 saturated heterocycles. The molecule has 0 aliphatic rings. The highest BCUT2D eigenvalue weighted by molar-refractivity contribution is 6.35. The largest absolute Gasteiger partial charge is 0.378 e. The predicted octanol–water partition coefficient (Wildman–Crippen LogP) is 5.92. The average Bonchev–Trinajstić information content (AvgIpc) is 2.39. The van der Waals surface area contributed by atoms with E-state index in [0.29, 0.717) is 10.6 Å². The molecule has 0 saturated carbocycles. The molecule has 0 aromatic heterocycles. The topological polar surface area (TPSA) is 12.0 Å². The summed E-state index contributed by atoms with van der Waals surface area (Å²) >= 11 is 11.9. The minimum atomic E-state index is -0.458. The zero-order valence-electron chi connectivity index (χ0n) is 11.6. The van der Waals surface area contributed by atoms with Crippen molar-refractivity contribution < 1.29 is 4.39 Å². The predicted molar refractivity (Wildman–Crippen MR) is 84.4 cm³/mol. The average molecular weight is 312 g/mol. The summed E-state index contributed by atoms with van der Waals surface area (Å²) in [5, 5.41) is 3.86. The molecule has 1 atom stereocenters. The fourth-order valence-electron chi connectivity index (χ4n) is 2.09. The van der Waals surface area contributed by atoms with E-state index in [1.165, 1.54) is 23.3 Å². The lowest BCUT2D eigenvalue weighted by atomic mass is 10.0. The molecule has 106 valence electrons. The van der Waals surface area contributed by atoms with Gasteiger partial charge in [0.15, 0.2) is 0 Å². The molecule has 2 rings (SSSR count). The zero-order valence-corrected chi connectivity index (χ0v) is 13.1. The number of rotatable bonds is 3. The van der Waals surface area contributed by atoms with E-state index in [1.54, 1.807) is 0 Å². The third-order valence-electron chi connectivity index (χ3n) is 3.48. The van der Waals surface area contributed by atoms with Crippen LogP contribution >= 0.6 is 23.2 Å². The maximum Gasteiger partial charge on any atom is 0.142 e. The second-order valence-electron chi connectivity index (χ2n) is 4.90. The Morgan fingerprint density at radius 3 is 2.50 bits per heavy atom. The molecule has 1 N–H and O–H groups in total. The summed E-state index contributed by atoms with van der Waals surface area (Å²) in [4.78, 5) is 0. The van der Waals surface area contributed by atoms with Gasteiger partial charge in [-0.25, -0.2) is 4.39 Å². The number of aryl methyl sites for hydroxylation is 1. The van der Waals surface area contributed by atoms with Crippen LogP contribution in [0.1, 0.15) is 29.7 Å². The standard InChI is InChI=1S/C16H16Cl2FN/c1-9-5-4-6-16(10(9)2)20-11(3)12-7-15(19)14(18)8-13(12)17/h4-8,11,20H,1-3H3. The summed E-state index contributed by atoms with van der Waals surface area (Å²) in [6.07, 6.45) is 0. The van der Waals surface area contributed by atoms with Crippen molar-refractivity contribution in [1.82, 2.24) is 0 Å². The van der Waals surface area contributed by atoms with E-state index in [9.17, 15) is 4.39 Å². The first-order valence-corrected chi connectivity index (χ1v) is 7.13. The number of nitrogens with one attached hydrogen (secondary N) is 1. The van der Waals surface area contributed by atoms with Crippen molar-refractivity contribution in [2.24, 2.45) is 0 Å². The Hall–Kier alpha value is -1.25. The summed E-state index contributed by atoms with van der Waals surface area (Å²) < 4.78 is 13.6. The van der Waals surface area contributed by atoms with Gasteiger partial charge in [0.05, 0.1) is 11.1 Å². The van der Waals surface area contributed by atoms with Crippen LogP contribution in [0, 0.1) is 19.7 Å². The highest BCUT2D eigenvalue weighted by Gasteiger charge is 2.14. The fraction of sp³-hybridized carbons (Fsp3) is 0.250. The second-order valence-corrected chi connectivity index (χ2v) is 5.72. The van der Waals surface area contributed by atoms with Crippen LogP contribution < -0.4 is 5.32 Å². The summed E-state index contributed by atoms with van der Waals surface area (Å²) in [7, 11) is 0. The Bertz CT molecular complexity index is 641. The van der Waals surface area contributed by atoms with E-state index in [1.807, 2.05) is 19.1 Å². The van der Waals surface area contributed by atoms with Crippen molar-refractivity contribution in [1.29, 1.82) is 0 Å². The quantitative estimate of drug-likeness (QED) is 0.693. The Morgan fingerprint density at radius 2 is 1.80 bits per heavy atom. The van der Waals surface area contributed by atoms with Gasteiger partial charge in [0.25, 0.3) is 0 Å². The minimum Gasteiger partial charge on any atom is -0.378 e. The van der Waals surface area contributed by atoms with Gasteiger partial charge in [-0.1, -0.05) is 35.3 Å². The lowest BCUT2D eigenvalue weighted by molar-refractivity contribution is 0.624. The molecule has 2 aromatic rings. The molecule has 1 nitrogen and oxygen atoms in total. The van der Waals surface area contributed by atoms with Crippen molar-refractivity contribution in [3.8, 4) is 0 Å². The lowest BCUT2D eigenvalue weighted by Crippen LogP contribution is -2.09. The zero-order chi connectivity index (χ0) is 14.9. The molecule has 0 aliphatic heterocycles. The van der Waals surface area contributed by atoms with E-state index >= 15 is 0 Å². The van der Waals surface area contributed by atoms with Crippen LogP contribution in [0.5, 0.6) is 0 Å². The van der Waals surface area contributed by atoms with Gasteiger partial charge < -0.3 is 5.32 Å². The summed E-state index contributed by atoms with van der Waals surface area (Å²) in [6, 6.07) is 8.75. The number of halogens is 3. The van der Waals surface area contributed by atoms with Gasteiger partial charge >= 0.3 is 0 Å². The molecule has 0 fully saturated rings. The van der Waals surface area contributed by atoms with Gasteiger partial charge in [-0.3, -0.25) is 0 Å². The first-order valence-electron chi connectivity index (χ1n) is 6.37. The molecule has 0 amide bonds. The smallest absolute Gasteiger partial charge is 0.142 e. The van der Waals surface area contributed by atoms with E-state index in [4.69, 9.17) is 23.2 Å². The number of benzene rings is 2. The molecule has 1 unspecified atom stereocenters. The molecule has 20 heavy (non-hydrogen) atoms. The second kappa shape index (κ2) is 6.02. The van der Waals surface area contributed by atoms with Crippen molar-refractivity contribution in [2.45, 2.75) is 26.8 Å². The van der Waals surface area contributed by atoms with Crippen LogP contribution in [-0.2, 0) is 0 Å². The van der Waals surface area contributed by atoms with Crippen LogP contribution in [0.2, 0.25) is 10.0 Å². The Labute approximate surface area is 128 Å². The highest BCUT2D eigenvalue weighted by Crippen LogP contribution is 2.31. The van der Waals surface area contributed by atoms with Crippen LogP contribution in [-0.4, -0.2) is 0 Å². The molecule has 0 spiro atoms. The molecular weight excluding hydrogens is 296 g/mol. The highest BCUT2D eigenvalue weighted by atomic mass is 35.5. The number of hydrogen-bond acceptors (Lipinski definition) is 1. The molecule has 2 aromatic carbocycles. The lowest BCUT2D eigenvalue weighted by Gasteiger charge is -2.19. The molecule has 0 bridgehead atoms. The van der Waals surface area contributed by atoms with Gasteiger partial charge in [-0.2, -0.15) is 0 Å². The third kappa shape index (κ3) is 3.08. The molecule has 0 heterocycles. The van der Waals surface area contributed by atoms with E-state index < -0.39 is 5.82 Å². The summed E-state index contributed by atoms with van der Waals surface area (Å²) in [5.74, 6) is -0.458. The van der Waals surface area contributed by atoms with Gasteiger partial charge in [0.1, 0.15) is 5.82 Å². The van der Waals surface area contributed by atoms with Gasteiger partial charge in [0.2, 0.25) is 0 Å². The maximum atomic E-state index is 13.6. The SMILES string of the molecule is Cc1cccc(NC(C)c2cc(F)c(Cl)cc2Cl)c1C. The monoisotopic (exact) mass is 311 g/mol. The summed E-state index contributed by atoms with van der Waals surface area (Å²) in [6.45, 7) is 6.05. The normalized spacial score (nSPS) is 12.3. The van der Waals surface area contributed by atoms with Crippen LogP contribution in [0.3, 0.4) is 0 Å². The molecule has 0 aliphatic carbocycles. The van der Waals surface area contributed by atoms with Gasteiger partial charge in [0, 0.05) is 10.7 Å². The Balaban J connectivity index is 2.31. The summed E-state index contributed by atoms with van der Waals surface area (Å²) in [5.41, 5.74) is 4.08. The fourth-order valence-corrected chi connectivity index (χ4v) is 2.64. The van der Waals surface area contributed by atoms with Gasteiger partial charge in [-0.15, -0.1) is 0 Å². The van der Waals surface area contributed by atoms with E-state index in [2.05, 4.69) is 25.2 Å². The van der Waals surface area contributed by atoms with Crippen molar-refractivity contribution in [2.75, 3.05) is 5.32 Å². The number of hydrogen-bond donors (Lipinski definition) is 1. The van der Waals surface area contributed by atoms with Crippen LogP contribution in [0.25, 0.3) is 0 Å². The Morgan fingerprint density at radius 1 is 1.10 bits per heavy atom.